The van der Waals surface area contributed by atoms with Gasteiger partial charge in [0.15, 0.2) is 9.84 Å². The molecule has 2 atom stereocenters. The molecular weight excluding hydrogens is 280 g/mol. The van der Waals surface area contributed by atoms with Crippen molar-refractivity contribution in [1.29, 1.82) is 0 Å². The maximum Gasteiger partial charge on any atom is 0.226 e. The third-order valence-electron chi connectivity index (χ3n) is 4.10. The summed E-state index contributed by atoms with van der Waals surface area (Å²) in [5.41, 5.74) is 0. The first-order valence-electron chi connectivity index (χ1n) is 6.88. The number of hydrogen-bond acceptors (Lipinski definition) is 5. The van der Waals surface area contributed by atoms with Gasteiger partial charge >= 0.3 is 0 Å². The SMILES string of the molecule is O=C(C1CCS(=O)(=O)C1)N1CCCC(n2cncn2)C1. The minimum Gasteiger partial charge on any atom is -0.340 e. The number of likely N-dealkylation sites (tertiary alicyclic amines) is 1. The van der Waals surface area contributed by atoms with Gasteiger partial charge in [-0.2, -0.15) is 5.10 Å². The fourth-order valence-electron chi connectivity index (χ4n) is 3.02. The number of carbonyl (C=O) groups excluding carboxylic acids is 1. The molecule has 2 saturated heterocycles. The Morgan fingerprint density at radius 2 is 2.15 bits per heavy atom. The number of hydrogen-bond donors (Lipinski definition) is 0. The molecule has 1 aromatic heterocycles. The van der Waals surface area contributed by atoms with E-state index in [1.54, 1.807) is 15.9 Å². The molecule has 3 rings (SSSR count). The van der Waals surface area contributed by atoms with Gasteiger partial charge in [0.1, 0.15) is 12.7 Å². The van der Waals surface area contributed by atoms with Crippen LogP contribution in [-0.2, 0) is 14.6 Å². The van der Waals surface area contributed by atoms with E-state index in [-0.39, 0.29) is 29.4 Å². The first-order chi connectivity index (χ1) is 9.55. The summed E-state index contributed by atoms with van der Waals surface area (Å²) in [6.45, 7) is 1.30. The average molecular weight is 298 g/mol. The minimum atomic E-state index is -3.01. The number of rotatable bonds is 2. The standard InChI is InChI=1S/C12H18N4O3S/c17-12(10-3-5-20(18,19)7-10)15-4-1-2-11(6-15)16-9-13-8-14-16/h8-11H,1-7H2. The maximum atomic E-state index is 12.4. The molecule has 1 amide bonds. The van der Waals surface area contributed by atoms with Gasteiger partial charge in [0, 0.05) is 13.1 Å². The van der Waals surface area contributed by atoms with Crippen LogP contribution in [0, 0.1) is 5.92 Å². The van der Waals surface area contributed by atoms with Crippen LogP contribution in [-0.4, -0.2) is 58.6 Å². The maximum absolute atomic E-state index is 12.4. The van der Waals surface area contributed by atoms with Crippen molar-refractivity contribution >= 4 is 15.7 Å². The van der Waals surface area contributed by atoms with Crippen molar-refractivity contribution in [3.05, 3.63) is 12.7 Å². The molecule has 3 heterocycles. The smallest absolute Gasteiger partial charge is 0.226 e. The number of piperidine rings is 1. The predicted molar refractivity (Wildman–Crippen MR) is 71.6 cm³/mol. The van der Waals surface area contributed by atoms with E-state index in [1.807, 2.05) is 0 Å². The third kappa shape index (κ3) is 2.70. The van der Waals surface area contributed by atoms with Crippen LogP contribution in [0.1, 0.15) is 25.3 Å². The Hall–Kier alpha value is -1.44. The zero-order valence-corrected chi connectivity index (χ0v) is 12.0. The first-order valence-corrected chi connectivity index (χ1v) is 8.70. The van der Waals surface area contributed by atoms with E-state index in [0.717, 1.165) is 12.8 Å². The average Bonchev–Trinajstić information content (AvgIpc) is 3.07. The summed E-state index contributed by atoms with van der Waals surface area (Å²) in [6.07, 6.45) is 5.50. The van der Waals surface area contributed by atoms with Crippen LogP contribution in [0.4, 0.5) is 0 Å². The molecule has 1 aromatic rings. The Labute approximate surface area is 117 Å². The second-order valence-corrected chi connectivity index (χ2v) is 7.78. The topological polar surface area (TPSA) is 85.2 Å². The van der Waals surface area contributed by atoms with Crippen LogP contribution in [0.15, 0.2) is 12.7 Å². The lowest BCUT2D eigenvalue weighted by molar-refractivity contribution is -0.136. The molecule has 0 aromatic carbocycles. The highest BCUT2D eigenvalue weighted by atomic mass is 32.2. The minimum absolute atomic E-state index is 0.0102. The highest BCUT2D eigenvalue weighted by molar-refractivity contribution is 7.91. The van der Waals surface area contributed by atoms with E-state index in [0.29, 0.717) is 19.5 Å². The van der Waals surface area contributed by atoms with Gasteiger partial charge in [0.2, 0.25) is 5.91 Å². The van der Waals surface area contributed by atoms with Crippen LogP contribution in [0.5, 0.6) is 0 Å². The molecule has 8 heteroatoms. The molecule has 0 aliphatic carbocycles. The normalized spacial score (nSPS) is 29.5. The quantitative estimate of drug-likeness (QED) is 0.759. The van der Waals surface area contributed by atoms with E-state index in [2.05, 4.69) is 10.1 Å². The molecule has 0 bridgehead atoms. The van der Waals surface area contributed by atoms with Gasteiger partial charge in [-0.25, -0.2) is 18.1 Å². The zero-order valence-electron chi connectivity index (χ0n) is 11.2. The molecule has 0 spiro atoms. The Morgan fingerprint density at radius 1 is 1.30 bits per heavy atom. The van der Waals surface area contributed by atoms with Crippen LogP contribution >= 0.6 is 0 Å². The largest absolute Gasteiger partial charge is 0.340 e. The Kier molecular flexibility index (Phi) is 3.49. The van der Waals surface area contributed by atoms with Crippen molar-refractivity contribution < 1.29 is 13.2 Å². The fraction of sp³-hybridized carbons (Fsp3) is 0.750. The Morgan fingerprint density at radius 3 is 2.80 bits per heavy atom. The molecule has 2 aliphatic heterocycles. The molecule has 2 unspecified atom stereocenters. The van der Waals surface area contributed by atoms with Gasteiger partial charge in [-0.15, -0.1) is 0 Å². The third-order valence-corrected chi connectivity index (χ3v) is 5.87. The number of aromatic nitrogens is 3. The van der Waals surface area contributed by atoms with E-state index in [9.17, 15) is 13.2 Å². The second-order valence-electron chi connectivity index (χ2n) is 5.56. The van der Waals surface area contributed by atoms with E-state index in [1.165, 1.54) is 6.33 Å². The molecule has 20 heavy (non-hydrogen) atoms. The summed E-state index contributed by atoms with van der Waals surface area (Å²) in [6, 6.07) is 0.146. The lowest BCUT2D eigenvalue weighted by Crippen LogP contribution is -2.44. The van der Waals surface area contributed by atoms with Gasteiger partial charge in [0.05, 0.1) is 23.5 Å². The summed E-state index contributed by atoms with van der Waals surface area (Å²) in [5.74, 6) is -0.217. The molecule has 0 saturated carbocycles. The molecule has 0 radical (unpaired) electrons. The van der Waals surface area contributed by atoms with Gasteiger partial charge in [-0.3, -0.25) is 4.79 Å². The molecule has 110 valence electrons. The second kappa shape index (κ2) is 5.16. The predicted octanol–water partition coefficient (Wildman–Crippen LogP) is -0.124. The monoisotopic (exact) mass is 298 g/mol. The van der Waals surface area contributed by atoms with Crippen molar-refractivity contribution in [3.63, 3.8) is 0 Å². The fourth-order valence-corrected chi connectivity index (χ4v) is 4.76. The lowest BCUT2D eigenvalue weighted by atomic mass is 10.0. The molecule has 2 aliphatic rings. The van der Waals surface area contributed by atoms with Gasteiger partial charge < -0.3 is 4.90 Å². The zero-order chi connectivity index (χ0) is 14.2. The van der Waals surface area contributed by atoms with Crippen molar-refractivity contribution in [2.24, 2.45) is 5.92 Å². The van der Waals surface area contributed by atoms with Crippen molar-refractivity contribution in [1.82, 2.24) is 19.7 Å². The van der Waals surface area contributed by atoms with Crippen LogP contribution < -0.4 is 0 Å². The van der Waals surface area contributed by atoms with Gasteiger partial charge in [-0.05, 0) is 19.3 Å². The Balaban J connectivity index is 1.66. The number of carbonyl (C=O) groups is 1. The van der Waals surface area contributed by atoms with Gasteiger partial charge in [0.25, 0.3) is 0 Å². The summed E-state index contributed by atoms with van der Waals surface area (Å²) >= 11 is 0. The highest BCUT2D eigenvalue weighted by Crippen LogP contribution is 2.25. The molecule has 7 nitrogen and oxygen atoms in total. The lowest BCUT2D eigenvalue weighted by Gasteiger charge is -2.34. The highest BCUT2D eigenvalue weighted by Gasteiger charge is 2.37. The van der Waals surface area contributed by atoms with Crippen LogP contribution in [0.25, 0.3) is 0 Å². The molecule has 0 N–H and O–H groups in total. The summed E-state index contributed by atoms with van der Waals surface area (Å²) in [5, 5.41) is 4.13. The Bertz CT molecular complexity index is 584. The van der Waals surface area contributed by atoms with Crippen molar-refractivity contribution in [3.8, 4) is 0 Å². The molecule has 2 fully saturated rings. The van der Waals surface area contributed by atoms with Gasteiger partial charge in [-0.1, -0.05) is 0 Å². The van der Waals surface area contributed by atoms with E-state index < -0.39 is 9.84 Å². The number of sulfone groups is 1. The number of amides is 1. The van der Waals surface area contributed by atoms with Crippen LogP contribution in [0.2, 0.25) is 0 Å². The van der Waals surface area contributed by atoms with Crippen LogP contribution in [0.3, 0.4) is 0 Å². The number of nitrogens with zero attached hydrogens (tertiary/aromatic N) is 4. The summed E-state index contributed by atoms with van der Waals surface area (Å²) in [4.78, 5) is 18.1. The molecular formula is C12H18N4O3S. The first kappa shape index (κ1) is 13.5. The van der Waals surface area contributed by atoms with E-state index >= 15 is 0 Å². The van der Waals surface area contributed by atoms with Crippen molar-refractivity contribution in [2.75, 3.05) is 24.6 Å². The summed E-state index contributed by atoms with van der Waals surface area (Å²) in [7, 11) is -3.01. The van der Waals surface area contributed by atoms with Crippen molar-refractivity contribution in [2.45, 2.75) is 25.3 Å². The summed E-state index contributed by atoms with van der Waals surface area (Å²) < 4.78 is 24.8. The van der Waals surface area contributed by atoms with E-state index in [4.69, 9.17) is 0 Å².